The largest absolute Gasteiger partial charge is 0.488 e. The predicted octanol–water partition coefficient (Wildman–Crippen LogP) is 5.29. The number of amides is 4. The number of hydrogen-bond donors (Lipinski definition) is 1. The number of ether oxygens (including phenoxy) is 1. The Morgan fingerprint density at radius 3 is 2.47 bits per heavy atom. The maximum Gasteiger partial charge on any atom is 0.335 e. The Labute approximate surface area is 200 Å². The van der Waals surface area contributed by atoms with Crippen LogP contribution in [0, 0.1) is 5.82 Å². The molecule has 0 atom stereocenters. The summed E-state index contributed by atoms with van der Waals surface area (Å²) in [6.45, 7) is 1.92. The number of benzene rings is 3. The van der Waals surface area contributed by atoms with Gasteiger partial charge in [-0.05, 0) is 54.5 Å². The van der Waals surface area contributed by atoms with Crippen LogP contribution in [0.25, 0.3) is 6.08 Å². The van der Waals surface area contributed by atoms with Gasteiger partial charge in [0.1, 0.15) is 23.7 Å². The number of halogens is 2. The summed E-state index contributed by atoms with van der Waals surface area (Å²) in [5.74, 6) is -1.74. The van der Waals surface area contributed by atoms with Crippen LogP contribution in [0.1, 0.15) is 23.6 Å². The van der Waals surface area contributed by atoms with Gasteiger partial charge in [-0.25, -0.2) is 14.1 Å². The van der Waals surface area contributed by atoms with Gasteiger partial charge in [-0.15, -0.1) is 0 Å². The van der Waals surface area contributed by atoms with Gasteiger partial charge in [0.05, 0.1) is 5.69 Å². The summed E-state index contributed by atoms with van der Waals surface area (Å²) in [6, 6.07) is 16.9. The van der Waals surface area contributed by atoms with Crippen molar-refractivity contribution < 1.29 is 23.5 Å². The Hall–Kier alpha value is -3.97. The number of barbiturate groups is 1. The molecule has 172 valence electrons. The quantitative estimate of drug-likeness (QED) is 0.386. The van der Waals surface area contributed by atoms with Gasteiger partial charge in [-0.3, -0.25) is 14.9 Å². The van der Waals surface area contributed by atoms with E-state index in [9.17, 15) is 18.8 Å². The Morgan fingerprint density at radius 1 is 1.03 bits per heavy atom. The Kier molecular flexibility index (Phi) is 6.75. The second-order valence-corrected chi connectivity index (χ2v) is 7.98. The van der Waals surface area contributed by atoms with Crippen molar-refractivity contribution in [2.75, 3.05) is 4.90 Å². The van der Waals surface area contributed by atoms with Crippen LogP contribution in [0.2, 0.25) is 5.02 Å². The molecule has 1 heterocycles. The number of imide groups is 2. The molecule has 3 aromatic rings. The molecule has 34 heavy (non-hydrogen) atoms. The standard InChI is InChI=1S/C26H20ClFN2O4/c1-2-16-7-10-20(11-8-16)30-25(32)21(24(31)29-26(30)33)14-18-13-19(27)9-12-23(18)34-15-17-5-3-4-6-22(17)28/h3-14H,2,15H2,1H3,(H,29,31,33)/b21-14+. The van der Waals surface area contributed by atoms with E-state index in [2.05, 4.69) is 5.32 Å². The van der Waals surface area contributed by atoms with Gasteiger partial charge in [-0.2, -0.15) is 0 Å². The maximum atomic E-state index is 14.0. The van der Waals surface area contributed by atoms with Crippen molar-refractivity contribution in [3.8, 4) is 5.75 Å². The zero-order chi connectivity index (χ0) is 24.2. The number of urea groups is 1. The molecule has 0 saturated carbocycles. The summed E-state index contributed by atoms with van der Waals surface area (Å²) < 4.78 is 19.7. The smallest absolute Gasteiger partial charge is 0.335 e. The summed E-state index contributed by atoms with van der Waals surface area (Å²) in [6.07, 6.45) is 2.11. The summed E-state index contributed by atoms with van der Waals surface area (Å²) in [5, 5.41) is 2.54. The van der Waals surface area contributed by atoms with Gasteiger partial charge in [-0.1, -0.05) is 48.9 Å². The SMILES string of the molecule is CCc1ccc(N2C(=O)NC(=O)/C(=C\c3cc(Cl)ccc3OCc3ccccc3F)C2=O)cc1. The summed E-state index contributed by atoms with van der Waals surface area (Å²) in [7, 11) is 0. The van der Waals surface area contributed by atoms with E-state index >= 15 is 0 Å². The van der Waals surface area contributed by atoms with Gasteiger partial charge in [0.15, 0.2) is 0 Å². The first-order valence-electron chi connectivity index (χ1n) is 10.5. The minimum atomic E-state index is -0.837. The molecule has 6 nitrogen and oxygen atoms in total. The van der Waals surface area contributed by atoms with E-state index in [0.717, 1.165) is 16.9 Å². The van der Waals surface area contributed by atoms with Crippen molar-refractivity contribution in [1.82, 2.24) is 5.32 Å². The number of hydrogen-bond acceptors (Lipinski definition) is 4. The molecular weight excluding hydrogens is 459 g/mol. The van der Waals surface area contributed by atoms with E-state index in [0.29, 0.717) is 21.8 Å². The molecule has 0 radical (unpaired) electrons. The molecule has 0 spiro atoms. The van der Waals surface area contributed by atoms with Crippen molar-refractivity contribution in [2.45, 2.75) is 20.0 Å². The average molecular weight is 479 g/mol. The van der Waals surface area contributed by atoms with Gasteiger partial charge in [0, 0.05) is 16.1 Å². The molecule has 0 unspecified atom stereocenters. The van der Waals surface area contributed by atoms with Crippen LogP contribution in [-0.4, -0.2) is 17.8 Å². The van der Waals surface area contributed by atoms with Gasteiger partial charge in [0.25, 0.3) is 11.8 Å². The minimum Gasteiger partial charge on any atom is -0.488 e. The highest BCUT2D eigenvalue weighted by atomic mass is 35.5. The third-order valence-electron chi connectivity index (χ3n) is 5.32. The lowest BCUT2D eigenvalue weighted by Crippen LogP contribution is -2.54. The molecule has 1 saturated heterocycles. The summed E-state index contributed by atoms with van der Waals surface area (Å²) in [4.78, 5) is 39.1. The summed E-state index contributed by atoms with van der Waals surface area (Å²) >= 11 is 6.13. The number of rotatable bonds is 6. The van der Waals surface area contributed by atoms with Crippen LogP contribution in [0.4, 0.5) is 14.9 Å². The molecule has 0 aromatic heterocycles. The molecule has 3 aromatic carbocycles. The fourth-order valence-corrected chi connectivity index (χ4v) is 3.64. The third kappa shape index (κ3) is 4.84. The van der Waals surface area contributed by atoms with Crippen LogP contribution in [0.3, 0.4) is 0 Å². The first-order chi connectivity index (χ1) is 16.4. The van der Waals surface area contributed by atoms with Crippen molar-refractivity contribution in [3.63, 3.8) is 0 Å². The van der Waals surface area contributed by atoms with E-state index in [1.165, 1.54) is 18.2 Å². The Bertz CT molecular complexity index is 1300. The van der Waals surface area contributed by atoms with Crippen LogP contribution in [0.5, 0.6) is 5.75 Å². The highest BCUT2D eigenvalue weighted by Crippen LogP contribution is 2.29. The average Bonchev–Trinajstić information content (AvgIpc) is 2.82. The molecule has 1 aliphatic heterocycles. The molecule has 0 aliphatic carbocycles. The number of carbonyl (C=O) groups excluding carboxylic acids is 3. The zero-order valence-electron chi connectivity index (χ0n) is 18.2. The number of aryl methyl sites for hydroxylation is 1. The van der Waals surface area contributed by atoms with Gasteiger partial charge in [0.2, 0.25) is 0 Å². The topological polar surface area (TPSA) is 75.7 Å². The number of anilines is 1. The van der Waals surface area contributed by atoms with E-state index in [4.69, 9.17) is 16.3 Å². The van der Waals surface area contributed by atoms with Crippen molar-refractivity contribution in [2.24, 2.45) is 0 Å². The lowest BCUT2D eigenvalue weighted by Gasteiger charge is -2.26. The highest BCUT2D eigenvalue weighted by molar-refractivity contribution is 6.39. The number of carbonyl (C=O) groups is 3. The molecule has 1 aliphatic rings. The summed E-state index contributed by atoms with van der Waals surface area (Å²) in [5.41, 5.74) is 1.78. The molecule has 0 bridgehead atoms. The first-order valence-corrected chi connectivity index (χ1v) is 10.9. The lowest BCUT2D eigenvalue weighted by atomic mass is 10.1. The third-order valence-corrected chi connectivity index (χ3v) is 5.55. The monoisotopic (exact) mass is 478 g/mol. The predicted molar refractivity (Wildman–Crippen MR) is 127 cm³/mol. The van der Waals surface area contributed by atoms with Crippen LogP contribution >= 0.6 is 11.6 Å². The van der Waals surface area contributed by atoms with Crippen molar-refractivity contribution >= 4 is 41.2 Å². The number of nitrogens with zero attached hydrogens (tertiary/aromatic N) is 1. The molecule has 8 heteroatoms. The fourth-order valence-electron chi connectivity index (χ4n) is 3.46. The van der Waals surface area contributed by atoms with Crippen molar-refractivity contribution in [3.05, 3.63) is 99.8 Å². The van der Waals surface area contributed by atoms with E-state index in [-0.39, 0.29) is 17.9 Å². The fraction of sp³-hybridized carbons (Fsp3) is 0.115. The van der Waals surface area contributed by atoms with Crippen LogP contribution in [-0.2, 0) is 22.6 Å². The second kappa shape index (κ2) is 9.89. The van der Waals surface area contributed by atoms with Crippen LogP contribution < -0.4 is 15.0 Å². The van der Waals surface area contributed by atoms with Gasteiger partial charge >= 0.3 is 6.03 Å². The van der Waals surface area contributed by atoms with Gasteiger partial charge < -0.3 is 4.74 Å². The Balaban J connectivity index is 1.67. The zero-order valence-corrected chi connectivity index (χ0v) is 18.9. The Morgan fingerprint density at radius 2 is 1.76 bits per heavy atom. The molecular formula is C26H20ClFN2O4. The molecule has 4 amide bonds. The number of nitrogens with one attached hydrogen (secondary N) is 1. The van der Waals surface area contributed by atoms with Crippen LogP contribution in [0.15, 0.2) is 72.3 Å². The molecule has 1 N–H and O–H groups in total. The second-order valence-electron chi connectivity index (χ2n) is 7.54. The lowest BCUT2D eigenvalue weighted by molar-refractivity contribution is -0.122. The van der Waals surface area contributed by atoms with Crippen molar-refractivity contribution in [1.29, 1.82) is 0 Å². The van der Waals surface area contributed by atoms with E-state index in [1.54, 1.807) is 54.6 Å². The normalized spacial score (nSPS) is 15.0. The minimum absolute atomic E-state index is 0.0704. The highest BCUT2D eigenvalue weighted by Gasteiger charge is 2.37. The van der Waals surface area contributed by atoms with E-state index in [1.807, 2.05) is 6.92 Å². The first kappa shape index (κ1) is 23.2. The van der Waals surface area contributed by atoms with E-state index < -0.39 is 23.7 Å². The molecule has 1 fully saturated rings. The maximum absolute atomic E-state index is 14.0. The molecule has 4 rings (SSSR count).